The van der Waals surface area contributed by atoms with Crippen LogP contribution in [0, 0.1) is 0 Å². The van der Waals surface area contributed by atoms with Gasteiger partial charge in [-0.1, -0.05) is 51.2 Å². The Morgan fingerprint density at radius 2 is 1.05 bits per heavy atom. The molecule has 0 aromatic carbocycles. The van der Waals surface area contributed by atoms with Gasteiger partial charge in [0.2, 0.25) is 5.60 Å². The maximum absolute atomic E-state index is 12.7. The van der Waals surface area contributed by atoms with Crippen LogP contribution in [0.3, 0.4) is 0 Å². The summed E-state index contributed by atoms with van der Waals surface area (Å²) in [7, 11) is -2.67. The summed E-state index contributed by atoms with van der Waals surface area (Å²) < 4.78 is 49.3. The van der Waals surface area contributed by atoms with Gasteiger partial charge < -0.3 is 23.5 Å². The summed E-state index contributed by atoms with van der Waals surface area (Å²) in [6.45, 7) is 7.34. The molecule has 11 nitrogen and oxygen atoms in total. The van der Waals surface area contributed by atoms with Crippen LogP contribution in [0.25, 0.3) is 0 Å². The van der Waals surface area contributed by atoms with E-state index in [2.05, 4.69) is 0 Å². The van der Waals surface area contributed by atoms with Crippen LogP contribution in [-0.2, 0) is 59.1 Å². The molecule has 0 saturated heterocycles. The van der Waals surface area contributed by atoms with Crippen LogP contribution in [0.1, 0.15) is 79.1 Å². The fourth-order valence-electron chi connectivity index (χ4n) is 2.27. The van der Waals surface area contributed by atoms with Crippen LogP contribution in [0.4, 0.5) is 0 Å². The van der Waals surface area contributed by atoms with Crippen LogP contribution in [0.2, 0.25) is 0 Å². The number of carbonyl (C=O) groups excluding carboxylic acids is 4. The molecule has 0 aromatic heterocycles. The monoisotopic (exact) mass is 574 g/mol. The lowest BCUT2D eigenvalue weighted by Gasteiger charge is -2.29. The van der Waals surface area contributed by atoms with Crippen LogP contribution in [0.15, 0.2) is 0 Å². The van der Waals surface area contributed by atoms with Crippen molar-refractivity contribution >= 4 is 44.9 Å². The zero-order valence-corrected chi connectivity index (χ0v) is 25.2. The molecule has 0 rings (SSSR count). The molecule has 0 aromatic rings. The van der Waals surface area contributed by atoms with E-state index in [4.69, 9.17) is 18.9 Å². The van der Waals surface area contributed by atoms with Crippen molar-refractivity contribution in [2.45, 2.75) is 84.7 Å². The predicted molar refractivity (Wildman–Crippen MR) is 142 cm³/mol. The third kappa shape index (κ3) is 30.3. The maximum Gasteiger partial charge on any atom is 0.351 e. The summed E-state index contributed by atoms with van der Waals surface area (Å²) in [6, 6.07) is 0. The first kappa shape index (κ1) is 39.6. The first-order valence-electron chi connectivity index (χ1n) is 12.1. The molecule has 0 saturated carbocycles. The second-order valence-electron chi connectivity index (χ2n) is 8.46. The molecule has 0 heterocycles. The number of carbonyl (C=O) groups is 4. The van der Waals surface area contributed by atoms with Gasteiger partial charge >= 0.3 is 23.9 Å². The van der Waals surface area contributed by atoms with E-state index in [1.54, 1.807) is 12.5 Å². The highest BCUT2D eigenvalue weighted by atomic mass is 32.2. The molecular weight excluding hydrogens is 528 g/mol. The molecule has 0 aliphatic heterocycles. The molecule has 0 fully saturated rings. The quantitative estimate of drug-likeness (QED) is 0.122. The molecule has 0 atom stereocenters. The summed E-state index contributed by atoms with van der Waals surface area (Å²) in [6.07, 6.45) is 8.74. The number of esters is 4. The summed E-state index contributed by atoms with van der Waals surface area (Å²) in [5, 5.41) is 0. The summed E-state index contributed by atoms with van der Waals surface area (Å²) in [4.78, 5) is 48.8. The molecule has 0 spiro atoms. The Bertz CT molecular complexity index is 715. The Hall–Kier alpha value is -1.86. The molecule has 0 radical (unpaired) electrons. The van der Waals surface area contributed by atoms with E-state index in [1.807, 2.05) is 20.8 Å². The predicted octanol–water partition coefficient (Wildman–Crippen LogP) is 2.75. The molecule has 0 amide bonds. The minimum atomic E-state index is -2.67. The first-order valence-corrected chi connectivity index (χ1v) is 16.4. The summed E-state index contributed by atoms with van der Waals surface area (Å²) in [5.74, 6) is -3.25. The average Bonchev–Trinajstić information content (AvgIpc) is 2.72. The standard InChI is InChI=1S/C20H34O8.C2H6O2S.C2H6OS/c1-5-8-11-25-17(22)14-20(28-16(4)21,19(24)27-13-10-7-3)15-18(23)26-12-9-6-2;1-5(2,3)4;1-4(2)3/h5-15H2,1-4H3;1-2H3;1-2H3. The van der Waals surface area contributed by atoms with Gasteiger partial charge in [-0.15, -0.1) is 0 Å². The van der Waals surface area contributed by atoms with E-state index >= 15 is 0 Å². The molecule has 37 heavy (non-hydrogen) atoms. The van der Waals surface area contributed by atoms with E-state index in [0.717, 1.165) is 38.7 Å². The highest BCUT2D eigenvalue weighted by molar-refractivity contribution is 7.90. The molecule has 0 aliphatic rings. The molecular formula is C24H46O11S2. The van der Waals surface area contributed by atoms with Crippen molar-refractivity contribution in [3.63, 3.8) is 0 Å². The molecule has 0 unspecified atom stereocenters. The molecule has 0 aliphatic carbocycles. The SMILES string of the molecule is CCCCOC(=O)CC(CC(=O)OCCCC)(OC(C)=O)C(=O)OCCCC.CS(C)(=O)=O.C[S+](C)[O-]. The highest BCUT2D eigenvalue weighted by Crippen LogP contribution is 2.26. The van der Waals surface area contributed by atoms with Crippen molar-refractivity contribution < 1.29 is 51.1 Å². The van der Waals surface area contributed by atoms with Gasteiger partial charge in [0.05, 0.1) is 45.2 Å². The minimum Gasteiger partial charge on any atom is -0.617 e. The van der Waals surface area contributed by atoms with Gasteiger partial charge in [-0.25, -0.2) is 13.2 Å². The molecule has 220 valence electrons. The third-order valence-electron chi connectivity index (χ3n) is 3.82. The van der Waals surface area contributed by atoms with Gasteiger partial charge in [0.25, 0.3) is 0 Å². The van der Waals surface area contributed by atoms with Crippen LogP contribution >= 0.6 is 0 Å². The van der Waals surface area contributed by atoms with Gasteiger partial charge in [0.15, 0.2) is 0 Å². The fourth-order valence-corrected chi connectivity index (χ4v) is 2.27. The Balaban J connectivity index is -0.00000109. The van der Waals surface area contributed by atoms with Crippen LogP contribution in [0.5, 0.6) is 0 Å². The van der Waals surface area contributed by atoms with E-state index in [9.17, 15) is 32.1 Å². The Morgan fingerprint density at radius 3 is 1.32 bits per heavy atom. The van der Waals surface area contributed by atoms with Crippen molar-refractivity contribution in [3.8, 4) is 0 Å². The van der Waals surface area contributed by atoms with Crippen molar-refractivity contribution in [3.05, 3.63) is 0 Å². The second-order valence-corrected chi connectivity index (χ2v) is 12.2. The largest absolute Gasteiger partial charge is 0.617 e. The number of rotatable bonds is 15. The lowest BCUT2D eigenvalue weighted by Crippen LogP contribution is -2.48. The van der Waals surface area contributed by atoms with E-state index in [0.29, 0.717) is 19.3 Å². The smallest absolute Gasteiger partial charge is 0.351 e. The Morgan fingerprint density at radius 1 is 0.757 bits per heavy atom. The van der Waals surface area contributed by atoms with E-state index in [1.165, 1.54) is 0 Å². The topological polar surface area (TPSA) is 162 Å². The Kier molecular flexibility index (Phi) is 24.9. The highest BCUT2D eigenvalue weighted by Gasteiger charge is 2.48. The zero-order chi connectivity index (χ0) is 29.5. The van der Waals surface area contributed by atoms with Gasteiger partial charge in [-0.2, -0.15) is 0 Å². The van der Waals surface area contributed by atoms with E-state index in [-0.39, 0.29) is 19.8 Å². The van der Waals surface area contributed by atoms with Gasteiger partial charge in [0.1, 0.15) is 9.84 Å². The number of hydrogen-bond donors (Lipinski definition) is 0. The van der Waals surface area contributed by atoms with Gasteiger partial charge in [-0.3, -0.25) is 14.4 Å². The van der Waals surface area contributed by atoms with Crippen molar-refractivity contribution in [1.82, 2.24) is 0 Å². The number of sulfone groups is 1. The van der Waals surface area contributed by atoms with Crippen molar-refractivity contribution in [2.75, 3.05) is 44.8 Å². The summed E-state index contributed by atoms with van der Waals surface area (Å²) in [5.41, 5.74) is -2.09. The van der Waals surface area contributed by atoms with Crippen LogP contribution in [-0.4, -0.2) is 87.3 Å². The fraction of sp³-hybridized carbons (Fsp3) is 0.833. The van der Waals surface area contributed by atoms with Gasteiger partial charge in [-0.05, 0) is 19.3 Å². The molecule has 0 N–H and O–H groups in total. The first-order chi connectivity index (χ1) is 17.0. The minimum absolute atomic E-state index is 0.0914. The Labute approximate surface area is 225 Å². The van der Waals surface area contributed by atoms with Crippen LogP contribution < -0.4 is 0 Å². The number of hydrogen-bond acceptors (Lipinski definition) is 11. The number of unbranched alkanes of at least 4 members (excludes halogenated alkanes) is 3. The molecule has 13 heteroatoms. The van der Waals surface area contributed by atoms with Gasteiger partial charge in [0, 0.05) is 19.4 Å². The number of ether oxygens (including phenoxy) is 4. The molecule has 0 bridgehead atoms. The average molecular weight is 575 g/mol. The maximum atomic E-state index is 12.7. The van der Waals surface area contributed by atoms with Crippen molar-refractivity contribution in [2.24, 2.45) is 0 Å². The van der Waals surface area contributed by atoms with E-state index < -0.39 is 63.3 Å². The lowest BCUT2D eigenvalue weighted by atomic mass is 9.95. The zero-order valence-electron chi connectivity index (χ0n) is 23.6. The summed E-state index contributed by atoms with van der Waals surface area (Å²) >= 11 is -0.611. The third-order valence-corrected chi connectivity index (χ3v) is 3.82. The lowest BCUT2D eigenvalue weighted by molar-refractivity contribution is -0.190. The second kappa shape index (κ2) is 23.3. The van der Waals surface area contributed by atoms with Crippen molar-refractivity contribution in [1.29, 1.82) is 0 Å². The normalized spacial score (nSPS) is 10.8.